The molecular weight excluding hydrogens is 446 g/mol. The first-order valence-corrected chi connectivity index (χ1v) is 11.1. The van der Waals surface area contributed by atoms with Crippen molar-refractivity contribution in [1.29, 1.82) is 0 Å². The van der Waals surface area contributed by atoms with Crippen LogP contribution in [-0.2, 0) is 16.1 Å². The van der Waals surface area contributed by atoms with Crippen molar-refractivity contribution in [1.82, 2.24) is 20.5 Å². The maximum Gasteiger partial charge on any atom is 0.255 e. The number of benzene rings is 1. The van der Waals surface area contributed by atoms with Gasteiger partial charge in [0, 0.05) is 24.1 Å². The minimum absolute atomic E-state index is 0.123. The number of piperidine rings is 1. The monoisotopic (exact) mass is 468 g/mol. The van der Waals surface area contributed by atoms with Gasteiger partial charge in [-0.3, -0.25) is 29.5 Å². The van der Waals surface area contributed by atoms with Crippen LogP contribution in [0.2, 0.25) is 0 Å². The molecule has 0 bridgehead atoms. The van der Waals surface area contributed by atoms with Gasteiger partial charge in [-0.1, -0.05) is 0 Å². The number of carbonyl (C=O) groups is 4. The number of imide groups is 1. The van der Waals surface area contributed by atoms with E-state index in [1.165, 1.54) is 29.2 Å². The lowest BCUT2D eigenvalue weighted by Gasteiger charge is -2.40. The summed E-state index contributed by atoms with van der Waals surface area (Å²) in [5, 5.41) is 4.95. The Morgan fingerprint density at radius 1 is 1.21 bits per heavy atom. The summed E-state index contributed by atoms with van der Waals surface area (Å²) in [7, 11) is 0. The summed E-state index contributed by atoms with van der Waals surface area (Å²) in [6, 6.07) is 5.28. The Balaban J connectivity index is 1.36. The highest BCUT2D eigenvalue weighted by molar-refractivity contribution is 6.06. The summed E-state index contributed by atoms with van der Waals surface area (Å²) in [5.41, 5.74) is -0.268. The smallest absolute Gasteiger partial charge is 0.255 e. The molecule has 3 heterocycles. The highest BCUT2D eigenvalue weighted by Gasteiger charge is 2.47. The van der Waals surface area contributed by atoms with Gasteiger partial charge in [-0.2, -0.15) is 0 Å². The number of nitrogens with one attached hydrogen (secondary N) is 2. The van der Waals surface area contributed by atoms with E-state index >= 15 is 4.39 Å². The van der Waals surface area contributed by atoms with E-state index in [2.05, 4.69) is 15.6 Å². The number of halogens is 2. The van der Waals surface area contributed by atoms with Gasteiger partial charge in [0.1, 0.15) is 23.6 Å². The van der Waals surface area contributed by atoms with Crippen LogP contribution < -0.4 is 10.6 Å². The van der Waals surface area contributed by atoms with Gasteiger partial charge >= 0.3 is 0 Å². The minimum Gasteiger partial charge on any atom is -0.340 e. The van der Waals surface area contributed by atoms with E-state index in [9.17, 15) is 23.6 Å². The zero-order valence-corrected chi connectivity index (χ0v) is 18.1. The van der Waals surface area contributed by atoms with Crippen LogP contribution in [0.15, 0.2) is 36.5 Å². The van der Waals surface area contributed by atoms with E-state index in [4.69, 9.17) is 0 Å². The number of hydrogen-bond donors (Lipinski definition) is 2. The quantitative estimate of drug-likeness (QED) is 0.655. The number of hydrogen-bond acceptors (Lipinski definition) is 5. The molecule has 2 fully saturated rings. The molecule has 2 N–H and O–H groups in total. The summed E-state index contributed by atoms with van der Waals surface area (Å²) in [6.45, 7) is 0.123. The number of fused-ring (bicyclic) bond motifs is 1. The van der Waals surface area contributed by atoms with Gasteiger partial charge in [0.05, 0.1) is 11.9 Å². The maximum absolute atomic E-state index is 15.4. The minimum atomic E-state index is -1.67. The normalized spacial score (nSPS) is 22.0. The number of pyridine rings is 1. The second-order valence-corrected chi connectivity index (χ2v) is 8.97. The number of alkyl halides is 1. The SMILES string of the molecule is O=C1CCC(N2Cc3cc(C(=O)N[C@H](c4ccc(F)cn4)C4(F)CCC4)ccc3C2=O)C(=O)N1. The lowest BCUT2D eigenvalue weighted by atomic mass is 9.75. The number of rotatable bonds is 5. The van der Waals surface area contributed by atoms with Gasteiger partial charge in [-0.05, 0) is 61.6 Å². The molecule has 8 nitrogen and oxygen atoms in total. The van der Waals surface area contributed by atoms with Gasteiger partial charge in [0.25, 0.3) is 11.8 Å². The predicted molar refractivity (Wildman–Crippen MR) is 115 cm³/mol. The summed E-state index contributed by atoms with van der Waals surface area (Å²) >= 11 is 0. The van der Waals surface area contributed by atoms with Crippen LogP contribution >= 0.6 is 0 Å². The number of aromatic nitrogens is 1. The summed E-state index contributed by atoms with van der Waals surface area (Å²) in [6.07, 6.45) is 2.58. The largest absolute Gasteiger partial charge is 0.340 e. The Kier molecular flexibility index (Phi) is 5.38. The first-order chi connectivity index (χ1) is 16.2. The maximum atomic E-state index is 15.4. The fourth-order valence-electron chi connectivity index (χ4n) is 4.76. The van der Waals surface area contributed by atoms with E-state index in [1.807, 2.05) is 0 Å². The molecule has 2 aromatic rings. The average Bonchev–Trinajstić information content (AvgIpc) is 3.12. The zero-order chi connectivity index (χ0) is 24.0. The standard InChI is InChI=1S/C24H22F2N4O4/c25-15-3-5-17(27-11-15)20(24(26)8-1-9-24)29-21(32)13-2-4-16-14(10-13)12-30(23(16)34)18-6-7-19(31)28-22(18)33/h2-5,10-11,18,20H,1,6-9,12H2,(H,29,32)(H,28,31,33)/t18?,20-/m1/s1. The van der Waals surface area contributed by atoms with Gasteiger partial charge in [0.2, 0.25) is 11.8 Å². The second kappa shape index (κ2) is 8.27. The molecule has 2 aliphatic heterocycles. The molecule has 2 atom stereocenters. The van der Waals surface area contributed by atoms with Crippen LogP contribution in [0, 0.1) is 5.82 Å². The molecule has 1 saturated heterocycles. The zero-order valence-electron chi connectivity index (χ0n) is 18.1. The molecular formula is C24H22F2N4O4. The second-order valence-electron chi connectivity index (χ2n) is 8.97. The first kappa shape index (κ1) is 22.1. The number of nitrogens with zero attached hydrogens (tertiary/aromatic N) is 2. The van der Waals surface area contributed by atoms with Crippen molar-refractivity contribution in [3.63, 3.8) is 0 Å². The van der Waals surface area contributed by atoms with Crippen LogP contribution in [-0.4, -0.2) is 45.2 Å². The van der Waals surface area contributed by atoms with Crippen molar-refractivity contribution in [2.75, 3.05) is 0 Å². The third kappa shape index (κ3) is 3.82. The van der Waals surface area contributed by atoms with Crippen LogP contribution in [0.5, 0.6) is 0 Å². The van der Waals surface area contributed by atoms with Crippen molar-refractivity contribution < 1.29 is 28.0 Å². The molecule has 34 heavy (non-hydrogen) atoms. The van der Waals surface area contributed by atoms with Crippen LogP contribution in [0.4, 0.5) is 8.78 Å². The molecule has 1 aliphatic carbocycles. The highest BCUT2D eigenvalue weighted by atomic mass is 19.1. The molecule has 1 aromatic carbocycles. The fraction of sp³-hybridized carbons (Fsp3) is 0.375. The molecule has 5 rings (SSSR count). The van der Waals surface area contributed by atoms with E-state index in [-0.39, 0.29) is 55.3 Å². The Hall–Kier alpha value is -3.69. The molecule has 10 heteroatoms. The topological polar surface area (TPSA) is 108 Å². The molecule has 0 radical (unpaired) electrons. The van der Waals surface area contributed by atoms with E-state index in [0.717, 1.165) is 6.20 Å². The van der Waals surface area contributed by atoms with Crippen molar-refractivity contribution in [2.45, 2.75) is 56.4 Å². The van der Waals surface area contributed by atoms with E-state index in [0.29, 0.717) is 17.5 Å². The Bertz CT molecular complexity index is 1200. The van der Waals surface area contributed by atoms with E-state index < -0.39 is 35.4 Å². The lowest BCUT2D eigenvalue weighted by Crippen LogP contribution is -2.52. The van der Waals surface area contributed by atoms with Crippen molar-refractivity contribution in [3.05, 3.63) is 64.7 Å². The van der Waals surface area contributed by atoms with Gasteiger partial charge < -0.3 is 10.2 Å². The van der Waals surface area contributed by atoms with Crippen LogP contribution in [0.1, 0.15) is 70.1 Å². The molecule has 0 spiro atoms. The fourth-order valence-corrected chi connectivity index (χ4v) is 4.76. The van der Waals surface area contributed by atoms with Crippen LogP contribution in [0.3, 0.4) is 0 Å². The van der Waals surface area contributed by atoms with Crippen molar-refractivity contribution in [3.8, 4) is 0 Å². The number of amides is 4. The van der Waals surface area contributed by atoms with Gasteiger partial charge in [-0.15, -0.1) is 0 Å². The van der Waals surface area contributed by atoms with Crippen molar-refractivity contribution in [2.24, 2.45) is 0 Å². The molecule has 1 unspecified atom stereocenters. The third-order valence-corrected chi connectivity index (χ3v) is 6.81. The van der Waals surface area contributed by atoms with Crippen LogP contribution in [0.25, 0.3) is 0 Å². The Labute approximate surface area is 193 Å². The third-order valence-electron chi connectivity index (χ3n) is 6.81. The van der Waals surface area contributed by atoms with Gasteiger partial charge in [-0.25, -0.2) is 8.78 Å². The molecule has 1 saturated carbocycles. The van der Waals surface area contributed by atoms with E-state index in [1.54, 1.807) is 6.07 Å². The summed E-state index contributed by atoms with van der Waals surface area (Å²) < 4.78 is 28.7. The predicted octanol–water partition coefficient (Wildman–Crippen LogP) is 2.35. The molecule has 176 valence electrons. The number of carbonyl (C=O) groups excluding carboxylic acids is 4. The Morgan fingerprint density at radius 3 is 2.65 bits per heavy atom. The lowest BCUT2D eigenvalue weighted by molar-refractivity contribution is -0.136. The highest BCUT2D eigenvalue weighted by Crippen LogP contribution is 2.45. The Morgan fingerprint density at radius 2 is 2.00 bits per heavy atom. The average molecular weight is 468 g/mol. The van der Waals surface area contributed by atoms with Crippen molar-refractivity contribution >= 4 is 23.6 Å². The summed E-state index contributed by atoms with van der Waals surface area (Å²) in [4.78, 5) is 54.9. The van der Waals surface area contributed by atoms with Gasteiger partial charge in [0.15, 0.2) is 0 Å². The molecule has 3 aliphatic rings. The summed E-state index contributed by atoms with van der Waals surface area (Å²) in [5.74, 6) is -2.33. The molecule has 4 amide bonds. The first-order valence-electron chi connectivity index (χ1n) is 11.1. The molecule has 1 aromatic heterocycles.